The standard InChI is InChI=1S/C16H25N3O9/c1-10(17)16(26)11(19-13(21)7-28-9-15(24)25)4-2-3-5-18-12(20)6-27-8-14(22)23/h11,17H,2-9H2,1H3,(H,18,20)(H,19,21)(H,22,23)(H,24,25). The van der Waals surface area contributed by atoms with Crippen LogP contribution >= 0.6 is 0 Å². The Morgan fingerprint density at radius 3 is 1.93 bits per heavy atom. The zero-order chi connectivity index (χ0) is 21.5. The van der Waals surface area contributed by atoms with E-state index in [-0.39, 0.29) is 25.3 Å². The lowest BCUT2D eigenvalue weighted by molar-refractivity contribution is -0.145. The van der Waals surface area contributed by atoms with Gasteiger partial charge in [-0.3, -0.25) is 14.4 Å². The number of rotatable bonds is 16. The largest absolute Gasteiger partial charge is 0.480 e. The third kappa shape index (κ3) is 13.4. The smallest absolute Gasteiger partial charge is 0.329 e. The van der Waals surface area contributed by atoms with Crippen LogP contribution in [0.4, 0.5) is 0 Å². The Morgan fingerprint density at radius 1 is 0.893 bits per heavy atom. The predicted octanol–water partition coefficient (Wildman–Crippen LogP) is -1.43. The van der Waals surface area contributed by atoms with Crippen molar-refractivity contribution in [3.63, 3.8) is 0 Å². The third-order valence-electron chi connectivity index (χ3n) is 3.18. The van der Waals surface area contributed by atoms with Gasteiger partial charge in [-0.25, -0.2) is 9.59 Å². The van der Waals surface area contributed by atoms with Crippen LogP contribution in [0.15, 0.2) is 0 Å². The molecule has 12 nitrogen and oxygen atoms in total. The number of hydrogen-bond donors (Lipinski definition) is 5. The molecule has 0 spiro atoms. The van der Waals surface area contributed by atoms with Crippen LogP contribution in [0.2, 0.25) is 0 Å². The lowest BCUT2D eigenvalue weighted by Gasteiger charge is -2.17. The summed E-state index contributed by atoms with van der Waals surface area (Å²) < 4.78 is 9.27. The summed E-state index contributed by atoms with van der Waals surface area (Å²) in [6.45, 7) is -0.580. The second kappa shape index (κ2) is 14.2. The van der Waals surface area contributed by atoms with Gasteiger partial charge in [0.05, 0.1) is 11.8 Å². The molecule has 1 atom stereocenters. The van der Waals surface area contributed by atoms with Crippen molar-refractivity contribution < 1.29 is 43.7 Å². The Labute approximate surface area is 161 Å². The first kappa shape index (κ1) is 25.1. The highest BCUT2D eigenvalue weighted by molar-refractivity contribution is 6.39. The molecule has 0 radical (unpaired) electrons. The number of nitrogens with one attached hydrogen (secondary N) is 3. The van der Waals surface area contributed by atoms with E-state index in [2.05, 4.69) is 20.1 Å². The van der Waals surface area contributed by atoms with Crippen molar-refractivity contribution in [2.75, 3.05) is 33.0 Å². The maximum absolute atomic E-state index is 12.0. The number of carbonyl (C=O) groups excluding carboxylic acids is 3. The summed E-state index contributed by atoms with van der Waals surface area (Å²) >= 11 is 0. The zero-order valence-corrected chi connectivity index (χ0v) is 15.5. The van der Waals surface area contributed by atoms with Crippen molar-refractivity contribution >= 4 is 35.2 Å². The number of ketones is 1. The van der Waals surface area contributed by atoms with Gasteiger partial charge in [0.1, 0.15) is 26.4 Å². The summed E-state index contributed by atoms with van der Waals surface area (Å²) in [6.07, 6.45) is 1.12. The normalized spacial score (nSPS) is 11.3. The molecule has 0 rings (SSSR count). The van der Waals surface area contributed by atoms with Crippen LogP contribution in [-0.4, -0.2) is 84.5 Å². The predicted molar refractivity (Wildman–Crippen MR) is 94.1 cm³/mol. The molecule has 0 heterocycles. The van der Waals surface area contributed by atoms with Crippen molar-refractivity contribution in [1.82, 2.24) is 10.6 Å². The highest BCUT2D eigenvalue weighted by Gasteiger charge is 2.22. The van der Waals surface area contributed by atoms with Gasteiger partial charge in [-0.1, -0.05) is 0 Å². The minimum atomic E-state index is -1.23. The number of unbranched alkanes of at least 4 members (excludes halogenated alkanes) is 1. The molecule has 12 heteroatoms. The average molecular weight is 403 g/mol. The zero-order valence-electron chi connectivity index (χ0n) is 15.5. The first-order valence-electron chi connectivity index (χ1n) is 8.38. The summed E-state index contributed by atoms with van der Waals surface area (Å²) in [5.74, 6) is -4.14. The third-order valence-corrected chi connectivity index (χ3v) is 3.18. The van der Waals surface area contributed by atoms with Gasteiger partial charge in [-0.05, 0) is 26.2 Å². The van der Waals surface area contributed by atoms with Crippen molar-refractivity contribution in [2.45, 2.75) is 32.2 Å². The quantitative estimate of drug-likeness (QED) is 0.152. The van der Waals surface area contributed by atoms with E-state index in [4.69, 9.17) is 15.6 Å². The lowest BCUT2D eigenvalue weighted by atomic mass is 10.0. The minimum Gasteiger partial charge on any atom is -0.480 e. The van der Waals surface area contributed by atoms with E-state index in [1.54, 1.807) is 0 Å². The first-order valence-corrected chi connectivity index (χ1v) is 8.38. The summed E-state index contributed by atoms with van der Waals surface area (Å²) in [7, 11) is 0. The molecule has 0 aliphatic heterocycles. The molecule has 0 fully saturated rings. The summed E-state index contributed by atoms with van der Waals surface area (Å²) in [4.78, 5) is 55.7. The van der Waals surface area contributed by atoms with Gasteiger partial charge in [-0.15, -0.1) is 0 Å². The number of hydrogen-bond acceptors (Lipinski definition) is 8. The fourth-order valence-corrected chi connectivity index (χ4v) is 1.98. The Balaban J connectivity index is 4.22. The van der Waals surface area contributed by atoms with E-state index in [0.717, 1.165) is 0 Å². The number of Topliss-reactive ketones (excluding diaryl/α,β-unsaturated/α-hetero) is 1. The molecule has 5 N–H and O–H groups in total. The average Bonchev–Trinajstić information content (AvgIpc) is 2.59. The van der Waals surface area contributed by atoms with Gasteiger partial charge in [0.25, 0.3) is 0 Å². The van der Waals surface area contributed by atoms with Crippen LogP contribution in [0.3, 0.4) is 0 Å². The SMILES string of the molecule is CC(=N)C(=O)C(CCCCNC(=O)COCC(=O)O)NC(=O)COCC(=O)O. The number of carbonyl (C=O) groups is 5. The second-order valence-electron chi connectivity index (χ2n) is 5.73. The molecule has 0 aromatic heterocycles. The van der Waals surface area contributed by atoms with Gasteiger partial charge < -0.3 is 35.7 Å². The van der Waals surface area contributed by atoms with Crippen LogP contribution in [0.1, 0.15) is 26.2 Å². The number of ether oxygens (including phenoxy) is 2. The van der Waals surface area contributed by atoms with Crippen molar-refractivity contribution in [3.05, 3.63) is 0 Å². The van der Waals surface area contributed by atoms with Crippen molar-refractivity contribution in [2.24, 2.45) is 0 Å². The molecule has 0 aromatic rings. The molecule has 1 unspecified atom stereocenters. The number of carboxylic acids is 2. The van der Waals surface area contributed by atoms with Crippen LogP contribution in [0.5, 0.6) is 0 Å². The van der Waals surface area contributed by atoms with Crippen molar-refractivity contribution in [3.8, 4) is 0 Å². The molecule has 0 aromatic carbocycles. The van der Waals surface area contributed by atoms with Gasteiger partial charge in [0.2, 0.25) is 11.8 Å². The fraction of sp³-hybridized carbons (Fsp3) is 0.625. The Bertz CT molecular complexity index is 592. The molecule has 2 amide bonds. The summed E-state index contributed by atoms with van der Waals surface area (Å²) in [6, 6.07) is -0.951. The van der Waals surface area contributed by atoms with Gasteiger partial charge in [0.15, 0.2) is 5.78 Å². The molecule has 0 saturated heterocycles. The van der Waals surface area contributed by atoms with Crippen LogP contribution in [-0.2, 0) is 33.4 Å². The molecular weight excluding hydrogens is 378 g/mol. The highest BCUT2D eigenvalue weighted by Crippen LogP contribution is 2.03. The number of amides is 2. The summed E-state index contributed by atoms with van der Waals surface area (Å²) in [5, 5.41) is 29.2. The van der Waals surface area contributed by atoms with Gasteiger partial charge in [-0.2, -0.15) is 0 Å². The molecule has 158 valence electrons. The lowest BCUT2D eigenvalue weighted by Crippen LogP contribution is -2.44. The topological polar surface area (TPSA) is 192 Å². The first-order chi connectivity index (χ1) is 13.1. The number of carboxylic acid groups (broad SMARTS) is 2. The number of aliphatic carboxylic acids is 2. The minimum absolute atomic E-state index is 0.213. The molecule has 0 aliphatic carbocycles. The van der Waals surface area contributed by atoms with E-state index in [0.29, 0.717) is 12.8 Å². The van der Waals surface area contributed by atoms with E-state index in [9.17, 15) is 24.0 Å². The maximum Gasteiger partial charge on any atom is 0.329 e. The van der Waals surface area contributed by atoms with Crippen LogP contribution in [0.25, 0.3) is 0 Å². The Hall–Kier alpha value is -2.86. The fourth-order valence-electron chi connectivity index (χ4n) is 1.98. The van der Waals surface area contributed by atoms with Crippen LogP contribution in [0, 0.1) is 5.41 Å². The molecular formula is C16H25N3O9. The van der Waals surface area contributed by atoms with E-state index in [1.165, 1.54) is 6.92 Å². The summed E-state index contributed by atoms with van der Waals surface area (Å²) in [5.41, 5.74) is -0.236. The van der Waals surface area contributed by atoms with E-state index < -0.39 is 55.4 Å². The van der Waals surface area contributed by atoms with E-state index >= 15 is 0 Å². The maximum atomic E-state index is 12.0. The molecule has 0 saturated carbocycles. The Morgan fingerprint density at radius 2 is 1.43 bits per heavy atom. The van der Waals surface area contributed by atoms with Crippen LogP contribution < -0.4 is 10.6 Å². The second-order valence-corrected chi connectivity index (χ2v) is 5.73. The Kier molecular flexibility index (Phi) is 12.8. The van der Waals surface area contributed by atoms with Gasteiger partial charge >= 0.3 is 11.9 Å². The van der Waals surface area contributed by atoms with Gasteiger partial charge in [0, 0.05) is 6.54 Å². The van der Waals surface area contributed by atoms with Crippen molar-refractivity contribution in [1.29, 1.82) is 5.41 Å². The highest BCUT2D eigenvalue weighted by atomic mass is 16.5. The molecule has 0 aliphatic rings. The molecule has 28 heavy (non-hydrogen) atoms. The van der Waals surface area contributed by atoms with E-state index in [1.807, 2.05) is 0 Å². The monoisotopic (exact) mass is 403 g/mol. The molecule has 0 bridgehead atoms.